The zero-order valence-corrected chi connectivity index (χ0v) is 11.8. The Balaban J connectivity index is 1.63. The zero-order chi connectivity index (χ0) is 13.0. The van der Waals surface area contributed by atoms with Gasteiger partial charge in [-0.3, -0.25) is 4.79 Å². The highest BCUT2D eigenvalue weighted by Gasteiger charge is 2.40. The van der Waals surface area contributed by atoms with Crippen molar-refractivity contribution in [2.75, 3.05) is 0 Å². The number of carbonyl (C=O) groups is 1. The third-order valence-corrected chi connectivity index (χ3v) is 5.84. The van der Waals surface area contributed by atoms with Crippen LogP contribution < -0.4 is 0 Å². The van der Waals surface area contributed by atoms with E-state index in [9.17, 15) is 4.79 Å². The molecule has 4 rings (SSSR count). The Morgan fingerprint density at radius 3 is 2.89 bits per heavy atom. The number of hydrogen-bond acceptors (Lipinski definition) is 1. The molecule has 2 fully saturated rings. The van der Waals surface area contributed by atoms with Crippen molar-refractivity contribution in [2.45, 2.75) is 58.4 Å². The van der Waals surface area contributed by atoms with Crippen molar-refractivity contribution in [3.8, 4) is 0 Å². The molecule has 0 aliphatic heterocycles. The van der Waals surface area contributed by atoms with Gasteiger partial charge in [-0.1, -0.05) is 6.42 Å². The van der Waals surface area contributed by atoms with Crippen molar-refractivity contribution in [1.82, 2.24) is 4.57 Å². The molecule has 2 nitrogen and oxygen atoms in total. The summed E-state index contributed by atoms with van der Waals surface area (Å²) in [7, 11) is 0. The molecule has 0 saturated heterocycles. The lowest BCUT2D eigenvalue weighted by atomic mass is 9.88. The highest BCUT2D eigenvalue weighted by atomic mass is 16.1. The van der Waals surface area contributed by atoms with Crippen LogP contribution >= 0.6 is 0 Å². The van der Waals surface area contributed by atoms with Crippen molar-refractivity contribution in [3.63, 3.8) is 0 Å². The number of rotatable bonds is 2. The van der Waals surface area contributed by atoms with Crippen LogP contribution in [0.1, 0.15) is 60.3 Å². The molecule has 3 unspecified atom stereocenters. The molecule has 0 N–H and O–H groups in total. The predicted molar refractivity (Wildman–Crippen MR) is 75.4 cm³/mol. The summed E-state index contributed by atoms with van der Waals surface area (Å²) in [4.78, 5) is 12.0. The summed E-state index contributed by atoms with van der Waals surface area (Å²) < 4.78 is 2.48. The quantitative estimate of drug-likeness (QED) is 0.791. The largest absolute Gasteiger partial charge is 0.348 e. The third kappa shape index (κ3) is 1.79. The van der Waals surface area contributed by atoms with Crippen molar-refractivity contribution in [2.24, 2.45) is 17.8 Å². The molecule has 1 aromatic rings. The topological polar surface area (TPSA) is 22.0 Å². The van der Waals surface area contributed by atoms with Gasteiger partial charge in [-0.05, 0) is 62.8 Å². The van der Waals surface area contributed by atoms with E-state index < -0.39 is 0 Å². The van der Waals surface area contributed by atoms with Crippen molar-refractivity contribution in [1.29, 1.82) is 0 Å². The first-order valence-corrected chi connectivity index (χ1v) is 7.94. The fourth-order valence-electron chi connectivity index (χ4n) is 4.88. The molecule has 0 aromatic carbocycles. The lowest BCUT2D eigenvalue weighted by Gasteiger charge is -2.25. The molecule has 1 heterocycles. The van der Waals surface area contributed by atoms with E-state index in [0.29, 0.717) is 5.78 Å². The van der Waals surface area contributed by atoms with Gasteiger partial charge in [0.15, 0.2) is 5.78 Å². The first-order valence-electron chi connectivity index (χ1n) is 7.94. The standard InChI is InChI=1S/C17H23NO/c1-11-7-15-16(3-2-4-17(15)19)18(11)10-14-9-12-5-6-13(14)8-12/h7,12-14H,2-6,8-10H2,1H3. The van der Waals surface area contributed by atoms with E-state index in [1.165, 1.54) is 43.6 Å². The summed E-state index contributed by atoms with van der Waals surface area (Å²) in [6.07, 6.45) is 8.75. The minimum absolute atomic E-state index is 0.371. The SMILES string of the molecule is Cc1cc2c(n1CC1CC3CCC1C3)CCCC2=O. The van der Waals surface area contributed by atoms with Crippen molar-refractivity contribution < 1.29 is 4.79 Å². The molecule has 0 amide bonds. The van der Waals surface area contributed by atoms with Crippen LogP contribution in [-0.4, -0.2) is 10.4 Å². The zero-order valence-electron chi connectivity index (χ0n) is 11.8. The third-order valence-electron chi connectivity index (χ3n) is 5.84. The number of aromatic nitrogens is 1. The van der Waals surface area contributed by atoms with Gasteiger partial charge >= 0.3 is 0 Å². The van der Waals surface area contributed by atoms with Gasteiger partial charge in [0.2, 0.25) is 0 Å². The Hall–Kier alpha value is -1.05. The van der Waals surface area contributed by atoms with Crippen LogP contribution in [0.3, 0.4) is 0 Å². The number of hydrogen-bond donors (Lipinski definition) is 0. The van der Waals surface area contributed by atoms with Crippen LogP contribution in [-0.2, 0) is 13.0 Å². The Morgan fingerprint density at radius 1 is 1.26 bits per heavy atom. The normalized spacial score (nSPS) is 32.9. The summed E-state index contributed by atoms with van der Waals surface area (Å²) >= 11 is 0. The minimum Gasteiger partial charge on any atom is -0.348 e. The maximum absolute atomic E-state index is 12.0. The minimum atomic E-state index is 0.371. The Morgan fingerprint density at radius 2 is 2.16 bits per heavy atom. The van der Waals surface area contributed by atoms with Gasteiger partial charge in [0, 0.05) is 29.9 Å². The Kier molecular flexibility index (Phi) is 2.61. The van der Waals surface area contributed by atoms with Gasteiger partial charge in [-0.25, -0.2) is 0 Å². The predicted octanol–water partition coefficient (Wildman–Crippen LogP) is 3.75. The van der Waals surface area contributed by atoms with E-state index in [1.807, 2.05) is 0 Å². The summed E-state index contributed by atoms with van der Waals surface area (Å²) in [5.74, 6) is 3.24. The Labute approximate surface area is 115 Å². The van der Waals surface area contributed by atoms with E-state index in [2.05, 4.69) is 17.6 Å². The van der Waals surface area contributed by atoms with Gasteiger partial charge in [0.1, 0.15) is 0 Å². The molecule has 2 heteroatoms. The molecule has 1 aromatic heterocycles. The lowest BCUT2D eigenvalue weighted by Crippen LogP contribution is -2.21. The van der Waals surface area contributed by atoms with Gasteiger partial charge in [-0.2, -0.15) is 0 Å². The van der Waals surface area contributed by atoms with Gasteiger partial charge in [-0.15, -0.1) is 0 Å². The summed E-state index contributed by atoms with van der Waals surface area (Å²) in [6.45, 7) is 3.36. The van der Waals surface area contributed by atoms with E-state index in [4.69, 9.17) is 0 Å². The van der Waals surface area contributed by atoms with Crippen LogP contribution in [0.2, 0.25) is 0 Å². The van der Waals surface area contributed by atoms with Crippen LogP contribution in [0.4, 0.5) is 0 Å². The van der Waals surface area contributed by atoms with Gasteiger partial charge in [0.05, 0.1) is 0 Å². The first kappa shape index (κ1) is 11.7. The average Bonchev–Trinajstić information content (AvgIpc) is 3.07. The van der Waals surface area contributed by atoms with Crippen LogP contribution in [0, 0.1) is 24.7 Å². The smallest absolute Gasteiger partial charge is 0.164 e. The maximum Gasteiger partial charge on any atom is 0.164 e. The van der Waals surface area contributed by atoms with E-state index in [1.54, 1.807) is 0 Å². The van der Waals surface area contributed by atoms with Crippen molar-refractivity contribution >= 4 is 5.78 Å². The molecule has 2 saturated carbocycles. The molecule has 0 radical (unpaired) electrons. The molecule has 102 valence electrons. The molecule has 3 aliphatic rings. The molecule has 0 spiro atoms. The van der Waals surface area contributed by atoms with Crippen LogP contribution in [0.5, 0.6) is 0 Å². The second kappa shape index (κ2) is 4.22. The molecular formula is C17H23NO. The van der Waals surface area contributed by atoms with Crippen LogP contribution in [0.25, 0.3) is 0 Å². The molecular weight excluding hydrogens is 234 g/mol. The number of nitrogens with zero attached hydrogens (tertiary/aromatic N) is 1. The number of fused-ring (bicyclic) bond motifs is 3. The second-order valence-electron chi connectivity index (χ2n) is 6.97. The summed E-state index contributed by atoms with van der Waals surface area (Å²) in [6, 6.07) is 2.14. The van der Waals surface area contributed by atoms with Crippen LogP contribution in [0.15, 0.2) is 6.07 Å². The van der Waals surface area contributed by atoms with Crippen molar-refractivity contribution in [3.05, 3.63) is 23.0 Å². The van der Waals surface area contributed by atoms with Gasteiger partial charge in [0.25, 0.3) is 0 Å². The second-order valence-corrected chi connectivity index (χ2v) is 6.97. The van der Waals surface area contributed by atoms with E-state index >= 15 is 0 Å². The Bertz CT molecular complexity index is 528. The molecule has 2 bridgehead atoms. The summed E-state index contributed by atoms with van der Waals surface area (Å²) in [5, 5.41) is 0. The monoisotopic (exact) mass is 257 g/mol. The molecule has 3 atom stereocenters. The summed E-state index contributed by atoms with van der Waals surface area (Å²) in [5.41, 5.74) is 3.69. The lowest BCUT2D eigenvalue weighted by molar-refractivity contribution is 0.0971. The first-order chi connectivity index (χ1) is 9.22. The molecule has 3 aliphatic carbocycles. The number of ketones is 1. The van der Waals surface area contributed by atoms with E-state index in [-0.39, 0.29) is 0 Å². The highest BCUT2D eigenvalue weighted by molar-refractivity contribution is 5.98. The fraction of sp³-hybridized carbons (Fsp3) is 0.706. The van der Waals surface area contributed by atoms with E-state index in [0.717, 1.165) is 42.6 Å². The maximum atomic E-state index is 12.0. The molecule has 19 heavy (non-hydrogen) atoms. The average molecular weight is 257 g/mol. The van der Waals surface area contributed by atoms with Gasteiger partial charge < -0.3 is 4.57 Å². The number of carbonyl (C=O) groups excluding carboxylic acids is 1. The number of Topliss-reactive ketones (excluding diaryl/α,β-unsaturated/α-hetero) is 1. The fourth-order valence-corrected chi connectivity index (χ4v) is 4.88. The number of aryl methyl sites for hydroxylation is 1. The highest BCUT2D eigenvalue weighted by Crippen LogP contribution is 2.49.